The summed E-state index contributed by atoms with van der Waals surface area (Å²) in [6, 6.07) is -0.462. The number of pyridine rings is 1. The number of ether oxygens (including phenoxy) is 1. The second kappa shape index (κ2) is 6.98. The predicted molar refractivity (Wildman–Crippen MR) is 87.1 cm³/mol. The van der Waals surface area contributed by atoms with E-state index >= 15 is 0 Å². The van der Waals surface area contributed by atoms with Crippen LogP contribution in [0.25, 0.3) is 0 Å². The van der Waals surface area contributed by atoms with Crippen LogP contribution in [0.15, 0.2) is 6.20 Å². The lowest BCUT2D eigenvalue weighted by Gasteiger charge is -2.38. The number of hydrogen-bond donors (Lipinski definition) is 0. The molecule has 0 bridgehead atoms. The normalized spacial score (nSPS) is 18.6. The van der Waals surface area contributed by atoms with Crippen molar-refractivity contribution in [1.82, 2.24) is 14.8 Å². The van der Waals surface area contributed by atoms with Gasteiger partial charge in [-0.2, -0.15) is 0 Å². The molecule has 0 aliphatic carbocycles. The van der Waals surface area contributed by atoms with Crippen LogP contribution in [-0.4, -0.2) is 52.8 Å². The monoisotopic (exact) mass is 319 g/mol. The van der Waals surface area contributed by atoms with Crippen LogP contribution >= 0.6 is 0 Å². The quantitative estimate of drug-likeness (QED) is 0.828. The number of nitrogens with zero attached hydrogens (tertiary/aromatic N) is 3. The third-order valence-electron chi connectivity index (χ3n) is 4.35. The first-order chi connectivity index (χ1) is 10.9. The van der Waals surface area contributed by atoms with Crippen LogP contribution in [-0.2, 0) is 16.1 Å². The lowest BCUT2D eigenvalue weighted by atomic mass is 10.1. The van der Waals surface area contributed by atoms with Crippen molar-refractivity contribution in [1.29, 1.82) is 0 Å². The van der Waals surface area contributed by atoms with E-state index in [9.17, 15) is 9.59 Å². The lowest BCUT2D eigenvalue weighted by molar-refractivity contribution is -0.155. The summed E-state index contributed by atoms with van der Waals surface area (Å²) in [6.45, 7) is 8.75. The molecule has 23 heavy (non-hydrogen) atoms. The minimum Gasteiger partial charge on any atom is -0.496 e. The zero-order valence-electron chi connectivity index (χ0n) is 14.5. The Morgan fingerprint density at radius 2 is 2.04 bits per heavy atom. The summed E-state index contributed by atoms with van der Waals surface area (Å²) in [7, 11) is 1.62. The van der Waals surface area contributed by atoms with Gasteiger partial charge in [0.15, 0.2) is 0 Å². The molecule has 0 saturated carbocycles. The number of hydrogen-bond acceptors (Lipinski definition) is 4. The Hall–Kier alpha value is -2.11. The molecular weight excluding hydrogens is 294 g/mol. The van der Waals surface area contributed by atoms with Gasteiger partial charge in [0.1, 0.15) is 11.8 Å². The molecular formula is C17H25N3O3. The van der Waals surface area contributed by atoms with Gasteiger partial charge in [0.05, 0.1) is 25.9 Å². The molecule has 1 atom stereocenters. The van der Waals surface area contributed by atoms with Crippen LogP contribution in [0.5, 0.6) is 5.75 Å². The average Bonchev–Trinajstić information content (AvgIpc) is 2.51. The lowest BCUT2D eigenvalue weighted by Crippen LogP contribution is -2.58. The van der Waals surface area contributed by atoms with Crippen LogP contribution in [0.2, 0.25) is 0 Å². The Kier molecular flexibility index (Phi) is 5.23. The standard InChI is InChI=1S/C17H25N3O3/c1-6-7-19-10-15(21)20(13(4)17(19)22)9-14-12(3)16(23-5)11(2)8-18-14/h8,13H,6-7,9-10H2,1-5H3/t13-/m1/s1. The van der Waals surface area contributed by atoms with Gasteiger partial charge in [-0.05, 0) is 27.2 Å². The van der Waals surface area contributed by atoms with Crippen molar-refractivity contribution < 1.29 is 14.3 Å². The third-order valence-corrected chi connectivity index (χ3v) is 4.35. The smallest absolute Gasteiger partial charge is 0.245 e. The maximum absolute atomic E-state index is 12.4. The van der Waals surface area contributed by atoms with Crippen LogP contribution in [0.4, 0.5) is 0 Å². The fraction of sp³-hybridized carbons (Fsp3) is 0.588. The van der Waals surface area contributed by atoms with Crippen LogP contribution < -0.4 is 4.74 Å². The van der Waals surface area contributed by atoms with E-state index in [0.717, 1.165) is 29.0 Å². The number of carbonyl (C=O) groups excluding carboxylic acids is 2. The largest absolute Gasteiger partial charge is 0.496 e. The number of carbonyl (C=O) groups is 2. The van der Waals surface area contributed by atoms with Crippen molar-refractivity contribution in [3.05, 3.63) is 23.0 Å². The molecule has 6 nitrogen and oxygen atoms in total. The number of aromatic nitrogens is 1. The molecule has 126 valence electrons. The van der Waals surface area contributed by atoms with E-state index in [1.165, 1.54) is 0 Å². The van der Waals surface area contributed by atoms with Crippen LogP contribution in [0, 0.1) is 13.8 Å². The minimum atomic E-state index is -0.462. The molecule has 1 aliphatic heterocycles. The highest BCUT2D eigenvalue weighted by molar-refractivity contribution is 5.94. The summed E-state index contributed by atoms with van der Waals surface area (Å²) in [4.78, 5) is 32.5. The first-order valence-electron chi connectivity index (χ1n) is 7.98. The Morgan fingerprint density at radius 1 is 1.35 bits per heavy atom. The van der Waals surface area contributed by atoms with Crippen molar-refractivity contribution in [3.63, 3.8) is 0 Å². The summed E-state index contributed by atoms with van der Waals surface area (Å²) in [5.41, 5.74) is 2.64. The number of amides is 2. The third kappa shape index (κ3) is 3.30. The number of aryl methyl sites for hydroxylation is 1. The van der Waals surface area contributed by atoms with Crippen molar-refractivity contribution in [2.45, 2.75) is 46.7 Å². The number of piperazine rings is 1. The summed E-state index contributed by atoms with van der Waals surface area (Å²) in [6.07, 6.45) is 2.59. The van der Waals surface area contributed by atoms with Crippen molar-refractivity contribution in [3.8, 4) is 5.75 Å². The fourth-order valence-electron chi connectivity index (χ4n) is 3.02. The van der Waals surface area contributed by atoms with E-state index in [4.69, 9.17) is 4.74 Å². The zero-order chi connectivity index (χ0) is 17.1. The van der Waals surface area contributed by atoms with Gasteiger partial charge in [-0.3, -0.25) is 14.6 Å². The van der Waals surface area contributed by atoms with E-state index in [1.54, 1.807) is 30.0 Å². The molecule has 0 spiro atoms. The minimum absolute atomic E-state index is 0.00294. The summed E-state index contributed by atoms with van der Waals surface area (Å²) in [5.74, 6) is 0.750. The molecule has 1 fully saturated rings. The maximum Gasteiger partial charge on any atom is 0.245 e. The molecule has 2 heterocycles. The highest BCUT2D eigenvalue weighted by atomic mass is 16.5. The van der Waals surface area contributed by atoms with Gasteiger partial charge in [0, 0.05) is 23.9 Å². The topological polar surface area (TPSA) is 62.7 Å². The molecule has 0 aromatic carbocycles. The number of methoxy groups -OCH3 is 1. The van der Waals surface area contributed by atoms with Crippen molar-refractivity contribution in [2.24, 2.45) is 0 Å². The first-order valence-corrected chi connectivity index (χ1v) is 7.98. The second-order valence-electron chi connectivity index (χ2n) is 6.00. The predicted octanol–water partition coefficient (Wildman–Crippen LogP) is 1.68. The van der Waals surface area contributed by atoms with Gasteiger partial charge in [-0.1, -0.05) is 6.92 Å². The second-order valence-corrected chi connectivity index (χ2v) is 6.00. The van der Waals surface area contributed by atoms with Crippen LogP contribution in [0.3, 0.4) is 0 Å². The Labute approximate surface area is 137 Å². The maximum atomic E-state index is 12.4. The van der Waals surface area contributed by atoms with Gasteiger partial charge in [-0.15, -0.1) is 0 Å². The van der Waals surface area contributed by atoms with Gasteiger partial charge >= 0.3 is 0 Å². The summed E-state index contributed by atoms with van der Waals surface area (Å²) in [5, 5.41) is 0. The Bertz CT molecular complexity index is 615. The highest BCUT2D eigenvalue weighted by Gasteiger charge is 2.36. The Balaban J connectivity index is 2.23. The molecule has 1 saturated heterocycles. The summed E-state index contributed by atoms with van der Waals surface area (Å²) >= 11 is 0. The fourth-order valence-corrected chi connectivity index (χ4v) is 3.02. The van der Waals surface area contributed by atoms with Gasteiger partial charge in [-0.25, -0.2) is 0 Å². The van der Waals surface area contributed by atoms with Crippen molar-refractivity contribution in [2.75, 3.05) is 20.2 Å². The molecule has 6 heteroatoms. The first kappa shape index (κ1) is 17.2. The van der Waals surface area contributed by atoms with Crippen LogP contribution in [0.1, 0.15) is 37.1 Å². The van der Waals surface area contributed by atoms with E-state index < -0.39 is 6.04 Å². The average molecular weight is 319 g/mol. The SMILES string of the molecule is CCCN1CC(=O)N(Cc2ncc(C)c(OC)c2C)[C@H](C)C1=O. The van der Waals surface area contributed by atoms with E-state index in [2.05, 4.69) is 4.98 Å². The molecule has 0 unspecified atom stereocenters. The van der Waals surface area contributed by atoms with Crippen molar-refractivity contribution >= 4 is 11.8 Å². The van der Waals surface area contributed by atoms with E-state index in [1.807, 2.05) is 20.8 Å². The highest BCUT2D eigenvalue weighted by Crippen LogP contribution is 2.26. The summed E-state index contributed by atoms with van der Waals surface area (Å²) < 4.78 is 5.41. The molecule has 0 N–H and O–H groups in total. The van der Waals surface area contributed by atoms with E-state index in [-0.39, 0.29) is 18.4 Å². The molecule has 1 aromatic rings. The molecule has 2 amide bonds. The molecule has 1 aromatic heterocycles. The molecule has 0 radical (unpaired) electrons. The number of rotatable bonds is 5. The van der Waals surface area contributed by atoms with Gasteiger partial charge in [0.25, 0.3) is 0 Å². The Morgan fingerprint density at radius 3 is 2.65 bits per heavy atom. The van der Waals surface area contributed by atoms with E-state index in [0.29, 0.717) is 13.1 Å². The zero-order valence-corrected chi connectivity index (χ0v) is 14.5. The van der Waals surface area contributed by atoms with Gasteiger partial charge < -0.3 is 14.5 Å². The van der Waals surface area contributed by atoms with Gasteiger partial charge in [0.2, 0.25) is 11.8 Å². The molecule has 2 rings (SSSR count). The molecule has 1 aliphatic rings.